The Labute approximate surface area is 229 Å². The highest BCUT2D eigenvalue weighted by molar-refractivity contribution is 5.86. The normalized spacial score (nSPS) is 22.4. The first-order chi connectivity index (χ1) is 19.2. The third-order valence-corrected chi connectivity index (χ3v) is 8.61. The summed E-state index contributed by atoms with van der Waals surface area (Å²) in [5.74, 6) is 0.497. The van der Waals surface area contributed by atoms with E-state index in [0.29, 0.717) is 0 Å². The van der Waals surface area contributed by atoms with E-state index < -0.39 is 0 Å². The van der Waals surface area contributed by atoms with Crippen molar-refractivity contribution in [1.82, 2.24) is 0 Å². The Balaban J connectivity index is 1.41. The van der Waals surface area contributed by atoms with Gasteiger partial charge in [-0.3, -0.25) is 0 Å². The molecule has 1 nitrogen and oxygen atoms in total. The number of benzene rings is 2. The molecular formula is C38H32O. The number of fused-ring (bicyclic) bond motifs is 3. The molecule has 0 amide bonds. The third-order valence-electron chi connectivity index (χ3n) is 8.61. The molecule has 39 heavy (non-hydrogen) atoms. The second-order valence-corrected chi connectivity index (χ2v) is 10.8. The summed E-state index contributed by atoms with van der Waals surface area (Å²) < 4.78 is 6.21. The van der Waals surface area contributed by atoms with Gasteiger partial charge >= 0.3 is 0 Å². The van der Waals surface area contributed by atoms with Gasteiger partial charge in [-0.2, -0.15) is 0 Å². The third kappa shape index (κ3) is 4.10. The van der Waals surface area contributed by atoms with E-state index in [9.17, 15) is 0 Å². The van der Waals surface area contributed by atoms with Crippen LogP contribution in [0.15, 0.2) is 137 Å². The Morgan fingerprint density at radius 2 is 1.49 bits per heavy atom. The number of allylic oxidation sites excluding steroid dienone is 13. The molecule has 0 aliphatic heterocycles. The number of hydrogen-bond acceptors (Lipinski definition) is 1. The van der Waals surface area contributed by atoms with Gasteiger partial charge in [-0.25, -0.2) is 0 Å². The van der Waals surface area contributed by atoms with Crippen LogP contribution in [0.25, 0.3) is 34.8 Å². The highest BCUT2D eigenvalue weighted by atomic mass is 16.3. The molecule has 0 fully saturated rings. The van der Waals surface area contributed by atoms with Crippen molar-refractivity contribution in [2.75, 3.05) is 0 Å². The summed E-state index contributed by atoms with van der Waals surface area (Å²) in [6.07, 6.45) is 27.2. The van der Waals surface area contributed by atoms with Gasteiger partial charge in [-0.15, -0.1) is 0 Å². The monoisotopic (exact) mass is 504 g/mol. The van der Waals surface area contributed by atoms with E-state index in [1.807, 2.05) is 18.2 Å². The maximum absolute atomic E-state index is 6.21. The van der Waals surface area contributed by atoms with E-state index in [0.717, 1.165) is 52.9 Å². The van der Waals surface area contributed by atoms with Crippen molar-refractivity contribution in [2.24, 2.45) is 11.8 Å². The standard InChI is InChI=1S/C38H32O/c1-25(24-36-26(2)30-14-10-11-19-35(30)39-36)37-31-15-6-8-17-33(31)38(34-18-9-7-16-32(34)37)29-22-20-28(21-23-29)27-12-4-3-5-13-27/h3-4,6-12,14-20,22,24,31,33H,1-2,5,13,21,23H2/b36-24+. The van der Waals surface area contributed by atoms with E-state index in [1.54, 1.807) is 0 Å². The molecular weight excluding hydrogens is 472 g/mol. The van der Waals surface area contributed by atoms with Crippen LogP contribution in [-0.4, -0.2) is 0 Å². The summed E-state index contributed by atoms with van der Waals surface area (Å²) in [6, 6.07) is 17.0. The van der Waals surface area contributed by atoms with Gasteiger partial charge in [0.1, 0.15) is 11.0 Å². The Hall–Kier alpha value is -4.36. The molecule has 190 valence electrons. The minimum Gasteiger partial charge on any atom is -0.456 e. The summed E-state index contributed by atoms with van der Waals surface area (Å²) in [5.41, 5.74) is 9.81. The molecule has 1 heterocycles. The Kier molecular flexibility index (Phi) is 5.93. The van der Waals surface area contributed by atoms with E-state index >= 15 is 0 Å². The fraction of sp³-hybridized carbons (Fsp3) is 0.158. The van der Waals surface area contributed by atoms with Gasteiger partial charge < -0.3 is 4.42 Å². The second-order valence-electron chi connectivity index (χ2n) is 10.8. The quantitative estimate of drug-likeness (QED) is 0.397. The smallest absolute Gasteiger partial charge is 0.135 e. The van der Waals surface area contributed by atoms with Crippen molar-refractivity contribution in [3.05, 3.63) is 153 Å². The molecule has 0 bridgehead atoms. The molecule has 2 atom stereocenters. The molecule has 3 aromatic rings. The molecule has 4 aliphatic rings. The van der Waals surface area contributed by atoms with Crippen molar-refractivity contribution < 1.29 is 4.42 Å². The summed E-state index contributed by atoms with van der Waals surface area (Å²) in [6.45, 7) is 8.91. The number of rotatable bonds is 4. The SMILES string of the molecule is C=C(/C=c1/oc2ccccc2c1=C)C1=c2ccccc2=C(C2=CC=C(C3=CC=CCC3)CC2)C2C=CC=CC12. The van der Waals surface area contributed by atoms with Gasteiger partial charge in [0.05, 0.1) is 0 Å². The number of para-hydroxylation sites is 1. The molecule has 0 radical (unpaired) electrons. The largest absolute Gasteiger partial charge is 0.456 e. The predicted molar refractivity (Wildman–Crippen MR) is 164 cm³/mol. The van der Waals surface area contributed by atoms with Crippen LogP contribution < -0.4 is 21.1 Å². The van der Waals surface area contributed by atoms with Gasteiger partial charge in [0, 0.05) is 22.4 Å². The minimum atomic E-state index is 0.221. The van der Waals surface area contributed by atoms with Crippen molar-refractivity contribution in [1.29, 1.82) is 0 Å². The van der Waals surface area contributed by atoms with Crippen molar-refractivity contribution in [3.63, 3.8) is 0 Å². The summed E-state index contributed by atoms with van der Waals surface area (Å²) in [4.78, 5) is 0. The lowest BCUT2D eigenvalue weighted by molar-refractivity contribution is 0.575. The van der Waals surface area contributed by atoms with Crippen LogP contribution in [0.4, 0.5) is 0 Å². The topological polar surface area (TPSA) is 13.1 Å². The maximum Gasteiger partial charge on any atom is 0.135 e. The first-order valence-corrected chi connectivity index (χ1v) is 14.0. The molecule has 0 N–H and O–H groups in total. The second kappa shape index (κ2) is 9.75. The molecule has 7 rings (SSSR count). The van der Waals surface area contributed by atoms with Crippen molar-refractivity contribution >= 4 is 34.8 Å². The highest BCUT2D eigenvalue weighted by Crippen LogP contribution is 2.42. The Morgan fingerprint density at radius 3 is 2.26 bits per heavy atom. The van der Waals surface area contributed by atoms with Crippen LogP contribution in [0.5, 0.6) is 0 Å². The summed E-state index contributed by atoms with van der Waals surface area (Å²) in [7, 11) is 0. The number of hydrogen-bond donors (Lipinski definition) is 0. The zero-order valence-corrected chi connectivity index (χ0v) is 22.2. The van der Waals surface area contributed by atoms with E-state index in [1.165, 1.54) is 38.3 Å². The van der Waals surface area contributed by atoms with Crippen molar-refractivity contribution in [2.45, 2.75) is 25.7 Å². The van der Waals surface area contributed by atoms with Crippen LogP contribution >= 0.6 is 0 Å². The summed E-state index contributed by atoms with van der Waals surface area (Å²) in [5, 5.41) is 4.56. The summed E-state index contributed by atoms with van der Waals surface area (Å²) >= 11 is 0. The maximum atomic E-state index is 6.21. The minimum absolute atomic E-state index is 0.221. The molecule has 0 saturated carbocycles. The molecule has 1 aromatic heterocycles. The lowest BCUT2D eigenvalue weighted by Crippen LogP contribution is -2.40. The first kappa shape index (κ1) is 23.7. The highest BCUT2D eigenvalue weighted by Gasteiger charge is 2.32. The van der Waals surface area contributed by atoms with Crippen LogP contribution in [0.2, 0.25) is 0 Å². The zero-order chi connectivity index (χ0) is 26.3. The van der Waals surface area contributed by atoms with Crippen LogP contribution in [0, 0.1) is 11.8 Å². The average Bonchev–Trinajstić information content (AvgIpc) is 3.31. The Bertz CT molecular complexity index is 1940. The van der Waals surface area contributed by atoms with E-state index in [2.05, 4.69) is 104 Å². The zero-order valence-electron chi connectivity index (χ0n) is 22.2. The van der Waals surface area contributed by atoms with Gasteiger partial charge in [-0.1, -0.05) is 110 Å². The lowest BCUT2D eigenvalue weighted by Gasteiger charge is -2.35. The van der Waals surface area contributed by atoms with Crippen LogP contribution in [0.1, 0.15) is 25.7 Å². The van der Waals surface area contributed by atoms with Crippen LogP contribution in [0.3, 0.4) is 0 Å². The predicted octanol–water partition coefficient (Wildman–Crippen LogP) is 6.48. The molecule has 0 spiro atoms. The molecule has 4 aliphatic carbocycles. The molecule has 2 aromatic carbocycles. The van der Waals surface area contributed by atoms with Gasteiger partial charge in [0.2, 0.25) is 0 Å². The van der Waals surface area contributed by atoms with Gasteiger partial charge in [-0.05, 0) is 81.7 Å². The fourth-order valence-corrected chi connectivity index (χ4v) is 6.71. The van der Waals surface area contributed by atoms with Crippen LogP contribution in [-0.2, 0) is 0 Å². The Morgan fingerprint density at radius 1 is 0.769 bits per heavy atom. The van der Waals surface area contributed by atoms with Gasteiger partial charge in [0.25, 0.3) is 0 Å². The van der Waals surface area contributed by atoms with Gasteiger partial charge in [0.15, 0.2) is 0 Å². The number of furan rings is 1. The molecule has 2 unspecified atom stereocenters. The fourth-order valence-electron chi connectivity index (χ4n) is 6.71. The van der Waals surface area contributed by atoms with Crippen molar-refractivity contribution in [3.8, 4) is 0 Å². The lowest BCUT2D eigenvalue weighted by atomic mass is 9.69. The molecule has 0 saturated heterocycles. The van der Waals surface area contributed by atoms with E-state index in [4.69, 9.17) is 4.42 Å². The molecule has 1 heteroatoms. The first-order valence-electron chi connectivity index (χ1n) is 14.0. The van der Waals surface area contributed by atoms with E-state index in [-0.39, 0.29) is 11.8 Å². The average molecular weight is 505 g/mol.